The maximum absolute atomic E-state index is 7.94. The fraction of sp³-hybridized carbons (Fsp3) is 0.273. The number of hydrogen-bond donors (Lipinski definition) is 4. The highest BCUT2D eigenvalue weighted by Gasteiger charge is 1.95. The molecule has 0 heterocycles. The Labute approximate surface area is 98.2 Å². The van der Waals surface area contributed by atoms with Crippen LogP contribution in [-0.4, -0.2) is 18.3 Å². The van der Waals surface area contributed by atoms with Gasteiger partial charge >= 0.3 is 0 Å². The van der Waals surface area contributed by atoms with E-state index >= 15 is 0 Å². The molecular weight excluding hydrogens is 188 g/mol. The van der Waals surface area contributed by atoms with Gasteiger partial charge in [-0.05, 0) is 18.9 Å². The molecule has 0 saturated heterocycles. The van der Waals surface area contributed by atoms with Crippen molar-refractivity contribution in [1.29, 1.82) is 10.8 Å². The van der Waals surface area contributed by atoms with Gasteiger partial charge in [-0.25, -0.2) is 0 Å². The minimum atomic E-state index is -1.41. The van der Waals surface area contributed by atoms with Crippen LogP contribution < -0.4 is 10.6 Å². The van der Waals surface area contributed by atoms with Gasteiger partial charge < -0.3 is 10.6 Å². The molecule has 0 bridgehead atoms. The van der Waals surface area contributed by atoms with Crippen molar-refractivity contribution in [1.82, 2.24) is 10.6 Å². The Morgan fingerprint density at radius 2 is 2.13 bits per heavy atom. The summed E-state index contributed by atoms with van der Waals surface area (Å²) in [5.74, 6) is -0.351. The topological polar surface area (TPSA) is 71.8 Å². The lowest BCUT2D eigenvalue weighted by Gasteiger charge is -2.08. The molecule has 4 nitrogen and oxygen atoms in total. The van der Waals surface area contributed by atoms with Crippen LogP contribution in [0.25, 0.3) is 0 Å². The Morgan fingerprint density at radius 1 is 1.47 bits per heavy atom. The molecule has 2 atom stereocenters. The smallest absolute Gasteiger partial charge is 0.193 e. The predicted molar refractivity (Wildman–Crippen MR) is 62.4 cm³/mol. The van der Waals surface area contributed by atoms with Crippen molar-refractivity contribution in [3.05, 3.63) is 35.8 Å². The second-order valence-electron chi connectivity index (χ2n) is 2.70. The van der Waals surface area contributed by atoms with E-state index in [1.54, 1.807) is 0 Å². The Morgan fingerprint density at radius 3 is 2.73 bits per heavy atom. The second kappa shape index (κ2) is 5.80. The lowest BCUT2D eigenvalue weighted by atomic mass is 10.1. The zero-order chi connectivity index (χ0) is 16.3. The first-order valence-corrected chi connectivity index (χ1v) is 4.24. The summed E-state index contributed by atoms with van der Waals surface area (Å²) in [4.78, 5) is 0. The van der Waals surface area contributed by atoms with E-state index < -0.39 is 12.9 Å². The number of nitrogens with one attached hydrogen (secondary N) is 4. The monoisotopic (exact) mass is 210 g/mol. The third-order valence-corrected chi connectivity index (χ3v) is 1.35. The van der Waals surface area contributed by atoms with Crippen LogP contribution in [0.4, 0.5) is 0 Å². The van der Waals surface area contributed by atoms with Gasteiger partial charge in [-0.1, -0.05) is 30.2 Å². The molecule has 0 aromatic heterocycles. The summed E-state index contributed by atoms with van der Waals surface area (Å²) in [5, 5.41) is 19.3. The Bertz CT molecular complexity index is 550. The van der Waals surface area contributed by atoms with Crippen molar-refractivity contribution in [2.24, 2.45) is 0 Å². The zero-order valence-electron chi connectivity index (χ0n) is 14.2. The van der Waals surface area contributed by atoms with Gasteiger partial charge in [0.15, 0.2) is 5.96 Å². The van der Waals surface area contributed by atoms with Gasteiger partial charge in [-0.15, -0.1) is 0 Å². The van der Waals surface area contributed by atoms with Gasteiger partial charge in [-0.3, -0.25) is 10.8 Å². The van der Waals surface area contributed by atoms with E-state index in [0.717, 1.165) is 6.07 Å². The van der Waals surface area contributed by atoms with E-state index in [1.807, 2.05) is 0 Å². The first-order valence-electron chi connectivity index (χ1n) is 7.39. The zero-order valence-corrected chi connectivity index (χ0v) is 8.23. The number of amidine groups is 1. The molecule has 0 aliphatic carbocycles. The number of guanidine groups is 1. The molecule has 0 spiro atoms. The fourth-order valence-corrected chi connectivity index (χ4v) is 0.810. The molecule has 80 valence electrons. The van der Waals surface area contributed by atoms with E-state index in [9.17, 15) is 0 Å². The number of hydrogen-bond acceptors (Lipinski definition) is 2. The van der Waals surface area contributed by atoms with Crippen LogP contribution in [0.15, 0.2) is 30.2 Å². The molecule has 1 aromatic carbocycles. The van der Waals surface area contributed by atoms with Crippen LogP contribution in [0, 0.1) is 10.8 Å². The molecule has 4 N–H and O–H groups in total. The average Bonchev–Trinajstić information content (AvgIpc) is 2.35. The van der Waals surface area contributed by atoms with Crippen LogP contribution in [0.3, 0.4) is 0 Å². The Kier molecular flexibility index (Phi) is 2.05. The SMILES string of the molecule is [2H]c1cc([2H])c([2H])c(C([2H])C([2H])NC(=N)NC(C)=N)c1[2H]. The van der Waals surface area contributed by atoms with E-state index in [4.69, 9.17) is 19.0 Å². The standard InChI is InChI=1S/C11H16N4/c1-9(12)15-11(13)14-8-7-10-5-3-2-4-6-10/h2-6H,7-8H2,1H3,(H4,12,13,14,15)/i3D,4D,5D,6D,7D,8D. The molecule has 4 heteroatoms. The first kappa shape index (κ1) is 5.30. The van der Waals surface area contributed by atoms with Crippen molar-refractivity contribution in [2.45, 2.75) is 13.3 Å². The van der Waals surface area contributed by atoms with E-state index in [-0.39, 0.29) is 41.5 Å². The molecule has 0 aliphatic heterocycles. The highest BCUT2D eigenvalue weighted by Crippen LogP contribution is 1.97. The molecule has 0 saturated carbocycles. The molecule has 0 aliphatic rings. The van der Waals surface area contributed by atoms with Gasteiger partial charge in [0.2, 0.25) is 0 Å². The van der Waals surface area contributed by atoms with Crippen molar-refractivity contribution >= 4 is 11.8 Å². The van der Waals surface area contributed by atoms with Crippen LogP contribution in [-0.2, 0) is 6.40 Å². The minimum Gasteiger partial charge on any atom is -0.356 e. The van der Waals surface area contributed by atoms with Crippen molar-refractivity contribution in [2.75, 3.05) is 6.52 Å². The molecular formula is C11H16N4. The lowest BCUT2D eigenvalue weighted by Crippen LogP contribution is -2.39. The maximum atomic E-state index is 7.94. The average molecular weight is 210 g/mol. The fourth-order valence-electron chi connectivity index (χ4n) is 0.810. The van der Waals surface area contributed by atoms with Crippen molar-refractivity contribution in [3.8, 4) is 0 Å². The molecule has 0 radical (unpaired) electrons. The number of benzene rings is 1. The van der Waals surface area contributed by atoms with Gasteiger partial charge in [0.1, 0.15) is 0 Å². The molecule has 0 amide bonds. The van der Waals surface area contributed by atoms with Crippen LogP contribution >= 0.6 is 0 Å². The van der Waals surface area contributed by atoms with Crippen LogP contribution in [0.5, 0.6) is 0 Å². The molecule has 1 rings (SSSR count). The molecule has 1 aromatic rings. The highest BCUT2D eigenvalue weighted by molar-refractivity contribution is 5.95. The van der Waals surface area contributed by atoms with E-state index in [0.29, 0.717) is 0 Å². The van der Waals surface area contributed by atoms with Crippen LogP contribution in [0.2, 0.25) is 0 Å². The third-order valence-electron chi connectivity index (χ3n) is 1.35. The second-order valence-corrected chi connectivity index (χ2v) is 2.70. The minimum absolute atomic E-state index is 0.00908. The quantitative estimate of drug-likeness (QED) is 0.449. The summed E-state index contributed by atoms with van der Waals surface area (Å²) in [5.41, 5.74) is -0.195. The summed E-state index contributed by atoms with van der Waals surface area (Å²) < 4.78 is 46.2. The van der Waals surface area contributed by atoms with E-state index in [2.05, 4.69) is 10.6 Å². The molecule has 15 heavy (non-hydrogen) atoms. The van der Waals surface area contributed by atoms with Gasteiger partial charge in [0, 0.05) is 9.26 Å². The normalized spacial score (nSPS) is 19.3. The first-order chi connectivity index (χ1) is 9.65. The van der Waals surface area contributed by atoms with E-state index in [1.165, 1.54) is 6.92 Å². The summed E-state index contributed by atoms with van der Waals surface area (Å²) in [6.45, 7) is 0.0337. The largest absolute Gasteiger partial charge is 0.356 e. The summed E-state index contributed by atoms with van der Waals surface area (Å²) in [6.07, 6.45) is -1.41. The summed E-state index contributed by atoms with van der Waals surface area (Å²) in [7, 11) is 0. The van der Waals surface area contributed by atoms with Gasteiger partial charge in [0.05, 0.1) is 11.3 Å². The molecule has 2 unspecified atom stereocenters. The van der Waals surface area contributed by atoms with Crippen molar-refractivity contribution in [3.63, 3.8) is 0 Å². The maximum Gasteiger partial charge on any atom is 0.193 e. The summed E-state index contributed by atoms with van der Waals surface area (Å²) in [6, 6.07) is -0.233. The summed E-state index contributed by atoms with van der Waals surface area (Å²) >= 11 is 0. The third kappa shape index (κ3) is 4.81. The predicted octanol–water partition coefficient (Wildman–Crippen LogP) is 1.34. The number of rotatable bonds is 3. The highest BCUT2D eigenvalue weighted by atomic mass is 15.1. The lowest BCUT2D eigenvalue weighted by molar-refractivity contribution is 0.842. The Balaban J connectivity index is 3.01. The van der Waals surface area contributed by atoms with Crippen molar-refractivity contribution < 1.29 is 8.22 Å². The van der Waals surface area contributed by atoms with Crippen LogP contribution in [0.1, 0.15) is 20.7 Å². The van der Waals surface area contributed by atoms with Gasteiger partial charge in [-0.2, -0.15) is 0 Å². The Hall–Kier alpha value is -1.84. The molecule has 0 fully saturated rings. The van der Waals surface area contributed by atoms with Gasteiger partial charge in [0.25, 0.3) is 0 Å².